The first kappa shape index (κ1) is 17.7. The fourth-order valence-electron chi connectivity index (χ4n) is 1.89. The van der Waals surface area contributed by atoms with Gasteiger partial charge in [0.05, 0.1) is 28.4 Å². The van der Waals surface area contributed by atoms with E-state index in [1.807, 2.05) is 50.2 Å². The maximum atomic E-state index is 5.09. The number of rotatable bonds is 4. The van der Waals surface area contributed by atoms with Gasteiger partial charge in [-0.15, -0.1) is 0 Å². The molecule has 0 aliphatic rings. The van der Waals surface area contributed by atoms with Gasteiger partial charge in [0.15, 0.2) is 23.0 Å². The molecule has 0 heterocycles. The van der Waals surface area contributed by atoms with Crippen LogP contribution in [-0.4, -0.2) is 28.4 Å². The quantitative estimate of drug-likeness (QED) is 0.854. The van der Waals surface area contributed by atoms with Gasteiger partial charge < -0.3 is 18.9 Å². The third-order valence-corrected chi connectivity index (χ3v) is 3.08. The first-order valence-electron chi connectivity index (χ1n) is 6.93. The molecule has 4 heteroatoms. The van der Waals surface area contributed by atoms with Gasteiger partial charge in [-0.1, -0.05) is 12.1 Å². The molecule has 0 radical (unpaired) electrons. The summed E-state index contributed by atoms with van der Waals surface area (Å²) >= 11 is 0. The summed E-state index contributed by atoms with van der Waals surface area (Å²) in [7, 11) is 6.54. The molecule has 2 rings (SSSR count). The lowest BCUT2D eigenvalue weighted by Gasteiger charge is -2.06. The van der Waals surface area contributed by atoms with Crippen LogP contribution in [0.4, 0.5) is 0 Å². The number of aryl methyl sites for hydroxylation is 2. The van der Waals surface area contributed by atoms with Crippen LogP contribution in [0.15, 0.2) is 36.4 Å². The van der Waals surface area contributed by atoms with Crippen LogP contribution in [0.3, 0.4) is 0 Å². The summed E-state index contributed by atoms with van der Waals surface area (Å²) in [5.74, 6) is 3.12. The van der Waals surface area contributed by atoms with Crippen LogP contribution >= 0.6 is 0 Å². The van der Waals surface area contributed by atoms with Crippen LogP contribution in [0, 0.1) is 13.8 Å². The summed E-state index contributed by atoms with van der Waals surface area (Å²) in [5, 5.41) is 0. The minimum Gasteiger partial charge on any atom is -0.493 e. The van der Waals surface area contributed by atoms with Crippen molar-refractivity contribution in [3.63, 3.8) is 0 Å². The highest BCUT2D eigenvalue weighted by molar-refractivity contribution is 5.43. The topological polar surface area (TPSA) is 36.9 Å². The monoisotopic (exact) mass is 304 g/mol. The SMILES string of the molecule is COc1ccc(C)cc1OC.COc1ccc(C)cc1OC. The van der Waals surface area contributed by atoms with E-state index in [1.165, 1.54) is 11.1 Å². The van der Waals surface area contributed by atoms with Crippen LogP contribution < -0.4 is 18.9 Å². The van der Waals surface area contributed by atoms with Crippen molar-refractivity contribution in [3.05, 3.63) is 47.5 Å². The average Bonchev–Trinajstić information content (AvgIpc) is 2.55. The van der Waals surface area contributed by atoms with Crippen molar-refractivity contribution in [2.24, 2.45) is 0 Å². The van der Waals surface area contributed by atoms with Gasteiger partial charge in [-0.05, 0) is 49.2 Å². The van der Waals surface area contributed by atoms with Crippen LogP contribution in [0.5, 0.6) is 23.0 Å². The van der Waals surface area contributed by atoms with Gasteiger partial charge in [-0.3, -0.25) is 0 Å². The van der Waals surface area contributed by atoms with Crippen molar-refractivity contribution < 1.29 is 18.9 Å². The van der Waals surface area contributed by atoms with Gasteiger partial charge in [0.1, 0.15) is 0 Å². The van der Waals surface area contributed by atoms with Gasteiger partial charge in [0.2, 0.25) is 0 Å². The zero-order valence-electron chi connectivity index (χ0n) is 14.1. The third-order valence-electron chi connectivity index (χ3n) is 3.08. The molecule has 0 saturated heterocycles. The van der Waals surface area contributed by atoms with E-state index in [4.69, 9.17) is 18.9 Å². The lowest BCUT2D eigenvalue weighted by atomic mass is 10.2. The summed E-state index contributed by atoms with van der Waals surface area (Å²) in [6, 6.07) is 11.7. The fourth-order valence-corrected chi connectivity index (χ4v) is 1.89. The Bertz CT molecular complexity index is 540. The molecule has 0 spiro atoms. The number of methoxy groups -OCH3 is 4. The highest BCUT2D eigenvalue weighted by Crippen LogP contribution is 2.27. The molecule has 0 atom stereocenters. The minimum absolute atomic E-state index is 0.776. The molecule has 0 fully saturated rings. The Morgan fingerprint density at radius 2 is 0.818 bits per heavy atom. The largest absolute Gasteiger partial charge is 0.493 e. The predicted molar refractivity (Wildman–Crippen MR) is 88.6 cm³/mol. The Kier molecular flexibility index (Phi) is 7.09. The molecule has 0 unspecified atom stereocenters. The number of hydrogen-bond acceptors (Lipinski definition) is 4. The Morgan fingerprint density at radius 3 is 1.09 bits per heavy atom. The average molecular weight is 304 g/mol. The summed E-state index contributed by atoms with van der Waals surface area (Å²) in [6.07, 6.45) is 0. The Morgan fingerprint density at radius 1 is 0.500 bits per heavy atom. The number of hydrogen-bond donors (Lipinski definition) is 0. The minimum atomic E-state index is 0.776. The van der Waals surface area contributed by atoms with E-state index in [-0.39, 0.29) is 0 Å². The maximum absolute atomic E-state index is 5.09. The molecular weight excluding hydrogens is 280 g/mol. The van der Waals surface area contributed by atoms with E-state index >= 15 is 0 Å². The van der Waals surface area contributed by atoms with E-state index < -0.39 is 0 Å². The molecule has 0 amide bonds. The first-order valence-corrected chi connectivity index (χ1v) is 6.93. The van der Waals surface area contributed by atoms with Crippen molar-refractivity contribution >= 4 is 0 Å². The summed E-state index contributed by atoms with van der Waals surface area (Å²) in [4.78, 5) is 0. The molecule has 0 bridgehead atoms. The molecule has 0 aliphatic heterocycles. The smallest absolute Gasteiger partial charge is 0.160 e. The molecule has 0 aromatic heterocycles. The standard InChI is InChI=1S/2C9H12O2/c2*1-7-4-5-8(10-2)9(6-7)11-3/h2*4-6H,1-3H3. The van der Waals surface area contributed by atoms with Gasteiger partial charge in [0.25, 0.3) is 0 Å². The Labute approximate surface area is 132 Å². The molecule has 2 aromatic carbocycles. The molecular formula is C18H24O4. The second kappa shape index (κ2) is 8.82. The molecule has 120 valence electrons. The lowest BCUT2D eigenvalue weighted by Crippen LogP contribution is -1.90. The molecule has 4 nitrogen and oxygen atoms in total. The second-order valence-electron chi connectivity index (χ2n) is 4.72. The normalized spacial score (nSPS) is 9.36. The van der Waals surface area contributed by atoms with E-state index in [9.17, 15) is 0 Å². The second-order valence-corrected chi connectivity index (χ2v) is 4.72. The summed E-state index contributed by atoms with van der Waals surface area (Å²) in [5.41, 5.74) is 2.34. The van der Waals surface area contributed by atoms with E-state index in [0.29, 0.717) is 0 Å². The van der Waals surface area contributed by atoms with Gasteiger partial charge >= 0.3 is 0 Å². The van der Waals surface area contributed by atoms with Crippen LogP contribution in [0.1, 0.15) is 11.1 Å². The van der Waals surface area contributed by atoms with Gasteiger partial charge in [-0.2, -0.15) is 0 Å². The van der Waals surface area contributed by atoms with E-state index in [1.54, 1.807) is 28.4 Å². The van der Waals surface area contributed by atoms with E-state index in [0.717, 1.165) is 23.0 Å². The van der Waals surface area contributed by atoms with Gasteiger partial charge in [0, 0.05) is 0 Å². The Balaban J connectivity index is 0.000000220. The number of ether oxygens (including phenoxy) is 4. The third kappa shape index (κ3) is 4.88. The molecule has 0 N–H and O–H groups in total. The first-order chi connectivity index (χ1) is 10.5. The zero-order valence-corrected chi connectivity index (χ0v) is 14.1. The maximum Gasteiger partial charge on any atom is 0.160 e. The van der Waals surface area contributed by atoms with Crippen molar-refractivity contribution in [3.8, 4) is 23.0 Å². The summed E-state index contributed by atoms with van der Waals surface area (Å²) < 4.78 is 20.3. The van der Waals surface area contributed by atoms with Crippen LogP contribution in [0.25, 0.3) is 0 Å². The van der Waals surface area contributed by atoms with Crippen LogP contribution in [-0.2, 0) is 0 Å². The van der Waals surface area contributed by atoms with Crippen molar-refractivity contribution in [1.29, 1.82) is 0 Å². The molecule has 0 aliphatic carbocycles. The number of benzene rings is 2. The highest BCUT2D eigenvalue weighted by atomic mass is 16.5. The highest BCUT2D eigenvalue weighted by Gasteiger charge is 2.01. The van der Waals surface area contributed by atoms with E-state index in [2.05, 4.69) is 0 Å². The fraction of sp³-hybridized carbons (Fsp3) is 0.333. The molecule has 22 heavy (non-hydrogen) atoms. The lowest BCUT2D eigenvalue weighted by molar-refractivity contribution is 0.354. The van der Waals surface area contributed by atoms with Gasteiger partial charge in [-0.25, -0.2) is 0 Å². The summed E-state index contributed by atoms with van der Waals surface area (Å²) in [6.45, 7) is 4.03. The molecule has 0 saturated carbocycles. The molecule has 2 aromatic rings. The van der Waals surface area contributed by atoms with Crippen molar-refractivity contribution in [2.75, 3.05) is 28.4 Å². The van der Waals surface area contributed by atoms with Crippen molar-refractivity contribution in [1.82, 2.24) is 0 Å². The predicted octanol–water partition coefficient (Wildman–Crippen LogP) is 4.02. The Hall–Kier alpha value is -2.36. The zero-order chi connectivity index (χ0) is 16.5. The van der Waals surface area contributed by atoms with Crippen molar-refractivity contribution in [2.45, 2.75) is 13.8 Å². The van der Waals surface area contributed by atoms with Crippen LogP contribution in [0.2, 0.25) is 0 Å².